The van der Waals surface area contributed by atoms with Crippen molar-refractivity contribution in [3.05, 3.63) is 39.5 Å². The highest BCUT2D eigenvalue weighted by atomic mass is 35.5. The molecule has 98 valence electrons. The maximum absolute atomic E-state index is 11.5. The Labute approximate surface area is 117 Å². The van der Waals surface area contributed by atoms with Crippen LogP contribution in [0.3, 0.4) is 0 Å². The summed E-state index contributed by atoms with van der Waals surface area (Å²) in [6.45, 7) is 0. The number of benzene rings is 1. The second-order valence-electron chi connectivity index (χ2n) is 3.34. The normalized spacial score (nSPS) is 10.8. The van der Waals surface area contributed by atoms with Gasteiger partial charge in [-0.15, -0.1) is 0 Å². The minimum absolute atomic E-state index is 0.117. The minimum Gasteiger partial charge on any atom is -0.379 e. The molecule has 19 heavy (non-hydrogen) atoms. The van der Waals surface area contributed by atoms with Gasteiger partial charge in [-0.3, -0.25) is 4.79 Å². The number of halogens is 2. The van der Waals surface area contributed by atoms with E-state index < -0.39 is 5.91 Å². The molecule has 0 aliphatic heterocycles. The number of nitrogens with one attached hydrogen (secondary N) is 1. The zero-order valence-electron chi connectivity index (χ0n) is 9.30. The van der Waals surface area contributed by atoms with Crippen molar-refractivity contribution in [2.45, 2.75) is 0 Å². The van der Waals surface area contributed by atoms with Gasteiger partial charge in [-0.2, -0.15) is 5.10 Å². The average Bonchev–Trinajstić information content (AvgIpc) is 2.81. The van der Waals surface area contributed by atoms with Crippen molar-refractivity contribution >= 4 is 41.1 Å². The number of aromatic nitrogens is 2. The third-order valence-corrected chi connectivity index (χ3v) is 2.91. The molecule has 1 aromatic carbocycles. The first kappa shape index (κ1) is 13.3. The lowest BCUT2D eigenvalue weighted by molar-refractivity contribution is 0.0946. The Morgan fingerprint density at radius 1 is 1.42 bits per heavy atom. The summed E-state index contributed by atoms with van der Waals surface area (Å²) in [7, 11) is 0. The molecular weight excluding hydrogens is 293 g/mol. The van der Waals surface area contributed by atoms with Crippen LogP contribution in [0.4, 0.5) is 5.82 Å². The number of amides is 1. The van der Waals surface area contributed by atoms with Crippen molar-refractivity contribution in [1.29, 1.82) is 0 Å². The van der Waals surface area contributed by atoms with Gasteiger partial charge in [0.2, 0.25) is 11.5 Å². The van der Waals surface area contributed by atoms with Crippen LogP contribution >= 0.6 is 23.2 Å². The molecule has 0 atom stereocenters. The first-order chi connectivity index (χ1) is 9.09. The maximum atomic E-state index is 11.5. The number of carbonyl (C=O) groups excluding carboxylic acids is 1. The van der Waals surface area contributed by atoms with Crippen LogP contribution in [-0.2, 0) is 0 Å². The highest BCUT2D eigenvalue weighted by Gasteiger charge is 2.14. The number of nitrogens with two attached hydrogens (primary N) is 1. The molecule has 0 aliphatic rings. The molecule has 2 aromatic rings. The van der Waals surface area contributed by atoms with Crippen LogP contribution in [-0.4, -0.2) is 22.4 Å². The molecule has 2 rings (SSSR count). The Kier molecular flexibility index (Phi) is 3.98. The predicted octanol–water partition coefficient (Wildman–Crippen LogP) is 1.72. The zero-order chi connectivity index (χ0) is 13.8. The highest BCUT2D eigenvalue weighted by molar-refractivity contribution is 6.43. The number of hydrazone groups is 1. The molecule has 0 aliphatic carbocycles. The maximum Gasteiger partial charge on any atom is 0.297 e. The highest BCUT2D eigenvalue weighted by Crippen LogP contribution is 2.24. The van der Waals surface area contributed by atoms with Crippen molar-refractivity contribution in [1.82, 2.24) is 15.7 Å². The van der Waals surface area contributed by atoms with Gasteiger partial charge in [0, 0.05) is 5.56 Å². The van der Waals surface area contributed by atoms with Crippen LogP contribution in [0, 0.1) is 0 Å². The van der Waals surface area contributed by atoms with E-state index in [0.29, 0.717) is 15.6 Å². The Morgan fingerprint density at radius 3 is 2.89 bits per heavy atom. The summed E-state index contributed by atoms with van der Waals surface area (Å²) in [6.07, 6.45) is 1.34. The molecule has 0 bridgehead atoms. The number of hydrogen-bond acceptors (Lipinski definition) is 6. The molecule has 0 unspecified atom stereocenters. The number of rotatable bonds is 3. The fourth-order valence-corrected chi connectivity index (χ4v) is 1.54. The summed E-state index contributed by atoms with van der Waals surface area (Å²) in [5.74, 6) is -0.762. The third-order valence-electron chi connectivity index (χ3n) is 2.08. The molecular formula is C10H7Cl2N5O2. The van der Waals surface area contributed by atoms with Gasteiger partial charge in [0.15, 0.2) is 0 Å². The standard InChI is InChI=1S/C10H7Cl2N5O2/c11-6-3-1-2-5(7(6)12)4-14-15-10(18)8-9(13)17-19-16-8/h1-4H,(H2,13,17)(H,15,18). The van der Waals surface area contributed by atoms with Gasteiger partial charge < -0.3 is 5.73 Å². The van der Waals surface area contributed by atoms with Crippen molar-refractivity contribution in [2.75, 3.05) is 5.73 Å². The van der Waals surface area contributed by atoms with Crippen LogP contribution in [0.15, 0.2) is 27.9 Å². The van der Waals surface area contributed by atoms with Gasteiger partial charge in [0.05, 0.1) is 16.3 Å². The van der Waals surface area contributed by atoms with Crippen molar-refractivity contribution in [3.63, 3.8) is 0 Å². The number of nitrogen functional groups attached to an aromatic ring is 1. The van der Waals surface area contributed by atoms with E-state index in [4.69, 9.17) is 28.9 Å². The zero-order valence-corrected chi connectivity index (χ0v) is 10.8. The van der Waals surface area contributed by atoms with E-state index in [2.05, 4.69) is 25.5 Å². The fraction of sp³-hybridized carbons (Fsp3) is 0. The van der Waals surface area contributed by atoms with Crippen molar-refractivity contribution in [3.8, 4) is 0 Å². The molecule has 1 amide bonds. The minimum atomic E-state index is -0.645. The van der Waals surface area contributed by atoms with E-state index in [1.54, 1.807) is 18.2 Å². The Morgan fingerprint density at radius 2 is 2.21 bits per heavy atom. The van der Waals surface area contributed by atoms with E-state index in [1.807, 2.05) is 0 Å². The first-order valence-corrected chi connectivity index (χ1v) is 5.70. The van der Waals surface area contributed by atoms with Gasteiger partial charge in [-0.1, -0.05) is 35.3 Å². The molecule has 0 fully saturated rings. The van der Waals surface area contributed by atoms with E-state index in [-0.39, 0.29) is 11.5 Å². The largest absolute Gasteiger partial charge is 0.379 e. The quantitative estimate of drug-likeness (QED) is 0.663. The summed E-state index contributed by atoms with van der Waals surface area (Å²) >= 11 is 11.8. The molecule has 1 aromatic heterocycles. The number of anilines is 1. The van der Waals surface area contributed by atoms with Crippen molar-refractivity contribution < 1.29 is 9.42 Å². The first-order valence-electron chi connectivity index (χ1n) is 4.95. The van der Waals surface area contributed by atoms with E-state index in [0.717, 1.165) is 0 Å². The van der Waals surface area contributed by atoms with Crippen LogP contribution < -0.4 is 11.2 Å². The Bertz CT molecular complexity index is 641. The third kappa shape index (κ3) is 3.01. The lowest BCUT2D eigenvalue weighted by Crippen LogP contribution is -2.19. The molecule has 9 heteroatoms. The molecule has 3 N–H and O–H groups in total. The summed E-state index contributed by atoms with van der Waals surface area (Å²) < 4.78 is 4.29. The monoisotopic (exact) mass is 299 g/mol. The van der Waals surface area contributed by atoms with Crippen LogP contribution in [0.25, 0.3) is 0 Å². The van der Waals surface area contributed by atoms with Gasteiger partial charge >= 0.3 is 0 Å². The smallest absolute Gasteiger partial charge is 0.297 e. The van der Waals surface area contributed by atoms with Crippen LogP contribution in [0.5, 0.6) is 0 Å². The van der Waals surface area contributed by atoms with E-state index >= 15 is 0 Å². The number of hydrogen-bond donors (Lipinski definition) is 2. The summed E-state index contributed by atoms with van der Waals surface area (Å²) in [5.41, 5.74) is 7.97. The topological polar surface area (TPSA) is 106 Å². The Hall–Kier alpha value is -2.12. The lowest BCUT2D eigenvalue weighted by Gasteiger charge is -1.99. The van der Waals surface area contributed by atoms with Crippen LogP contribution in [0.2, 0.25) is 10.0 Å². The van der Waals surface area contributed by atoms with Gasteiger partial charge in [-0.25, -0.2) is 10.1 Å². The number of nitrogens with zero attached hydrogens (tertiary/aromatic N) is 3. The van der Waals surface area contributed by atoms with Gasteiger partial charge in [0.1, 0.15) is 0 Å². The molecule has 0 spiro atoms. The summed E-state index contributed by atoms with van der Waals surface area (Å²) in [4.78, 5) is 11.5. The van der Waals surface area contributed by atoms with E-state index in [1.165, 1.54) is 6.21 Å². The van der Waals surface area contributed by atoms with Gasteiger partial charge in [-0.05, 0) is 16.4 Å². The molecule has 0 saturated carbocycles. The predicted molar refractivity (Wildman–Crippen MR) is 70.2 cm³/mol. The molecule has 0 radical (unpaired) electrons. The second kappa shape index (κ2) is 5.68. The number of carbonyl (C=O) groups is 1. The molecule has 0 saturated heterocycles. The van der Waals surface area contributed by atoms with E-state index in [9.17, 15) is 4.79 Å². The van der Waals surface area contributed by atoms with Crippen molar-refractivity contribution in [2.24, 2.45) is 5.10 Å². The summed E-state index contributed by atoms with van der Waals surface area (Å²) in [6, 6.07) is 5.04. The fourth-order valence-electron chi connectivity index (χ4n) is 1.19. The summed E-state index contributed by atoms with van der Waals surface area (Å²) in [5, 5.41) is 11.0. The molecule has 7 nitrogen and oxygen atoms in total. The average molecular weight is 300 g/mol. The SMILES string of the molecule is Nc1nonc1C(=O)NN=Cc1cccc(Cl)c1Cl. The lowest BCUT2D eigenvalue weighted by atomic mass is 10.2. The molecule has 1 heterocycles. The van der Waals surface area contributed by atoms with Crippen LogP contribution in [0.1, 0.15) is 16.1 Å². The Balaban J connectivity index is 2.07. The second-order valence-corrected chi connectivity index (χ2v) is 4.13. The van der Waals surface area contributed by atoms with Gasteiger partial charge in [0.25, 0.3) is 5.91 Å².